The van der Waals surface area contributed by atoms with Crippen molar-refractivity contribution >= 4 is 9.29 Å². The van der Waals surface area contributed by atoms with E-state index < -0.39 is 9.29 Å². The molecule has 0 amide bonds. The second-order valence-electron chi connectivity index (χ2n) is 0.0833. The Balaban J connectivity index is 0. The Bertz CT molecular complexity index is 36.2. The quantitative estimate of drug-likeness (QED) is 0.416. The van der Waals surface area contributed by atoms with Gasteiger partial charge >= 0.3 is 29.1 Å². The summed E-state index contributed by atoms with van der Waals surface area (Å²) in [6.45, 7) is 0. The van der Waals surface area contributed by atoms with Gasteiger partial charge in [0, 0.05) is 0 Å². The molecule has 0 bridgehead atoms. The van der Waals surface area contributed by atoms with E-state index in [2.05, 4.69) is 15.9 Å². The molecule has 0 aromatic heterocycles. The van der Waals surface area contributed by atoms with E-state index in [0.717, 1.165) is 0 Å². The first-order valence-corrected chi connectivity index (χ1v) is 1.73. The zero-order valence-corrected chi connectivity index (χ0v) is 3.97. The summed E-state index contributed by atoms with van der Waals surface area (Å²) in [5.41, 5.74) is 0. The Labute approximate surface area is 38.7 Å². The summed E-state index contributed by atoms with van der Waals surface area (Å²) in [7, 11) is -1.42. The molecule has 5 heteroatoms. The molecule has 0 radical (unpaired) electrons. The summed E-state index contributed by atoms with van der Waals surface area (Å²) in [5, 5.41) is 0. The van der Waals surface area contributed by atoms with Crippen LogP contribution in [0.2, 0.25) is 0 Å². The van der Waals surface area contributed by atoms with Gasteiger partial charge in [-0.15, -0.1) is 0 Å². The molecule has 0 atom stereocenters. The van der Waals surface area contributed by atoms with Crippen LogP contribution in [0.1, 0.15) is 0 Å². The first-order chi connectivity index (χ1) is 2.41. The minimum absolute atomic E-state index is 1.42. The molecule has 0 aliphatic heterocycles. The van der Waals surface area contributed by atoms with Gasteiger partial charge in [-0.2, -0.15) is 0 Å². The van der Waals surface area contributed by atoms with Crippen LogP contribution in [0.25, 0.3) is 0 Å². The Morgan fingerprint density at radius 3 is 1.20 bits per heavy atom. The van der Waals surface area contributed by atoms with Gasteiger partial charge in [0.2, 0.25) is 0 Å². The molecule has 5 heavy (non-hydrogen) atoms. The summed E-state index contributed by atoms with van der Waals surface area (Å²) in [5.74, 6) is 0. The normalized spacial score (nSPS) is 2.80. The van der Waals surface area contributed by atoms with E-state index in [1.807, 2.05) is 0 Å². The third-order valence-corrected chi connectivity index (χ3v) is 0. The van der Waals surface area contributed by atoms with Crippen LogP contribution in [-0.4, -0.2) is 9.29 Å². The van der Waals surface area contributed by atoms with E-state index in [0.29, 0.717) is 0 Å². The molecule has 33 valence electrons. The van der Waals surface area contributed by atoms with E-state index in [4.69, 9.17) is 12.8 Å². The maximum atomic E-state index is 8.40. The minimum atomic E-state index is -1.42. The van der Waals surface area contributed by atoms with Crippen molar-refractivity contribution in [2.24, 2.45) is 0 Å². The Kier molecular flexibility index (Phi) is 56.3. The Morgan fingerprint density at radius 2 is 1.20 bits per heavy atom. The molecule has 0 aromatic carbocycles. The van der Waals surface area contributed by atoms with Gasteiger partial charge < -0.3 is 0 Å². The molecular formula is CuO3Si. The monoisotopic (exact) mass is 139 g/mol. The molecule has 0 heterocycles. The summed E-state index contributed by atoms with van der Waals surface area (Å²) in [6.07, 6.45) is 0. The van der Waals surface area contributed by atoms with E-state index in [9.17, 15) is 0 Å². The van der Waals surface area contributed by atoms with Crippen LogP contribution in [-0.2, 0) is 28.7 Å². The van der Waals surface area contributed by atoms with Crippen LogP contribution >= 0.6 is 0 Å². The number of rotatable bonds is 0. The second kappa shape index (κ2) is 31.5. The molecule has 0 aliphatic rings. The standard InChI is InChI=1S/Cu.O2Si.O/c;1-3-2;. The third kappa shape index (κ3) is 1020. The van der Waals surface area contributed by atoms with Gasteiger partial charge in [0.25, 0.3) is 0 Å². The van der Waals surface area contributed by atoms with Crippen molar-refractivity contribution in [2.75, 3.05) is 0 Å². The molecule has 0 rings (SSSR count). The van der Waals surface area contributed by atoms with Crippen LogP contribution in [0, 0.1) is 0 Å². The van der Waals surface area contributed by atoms with Crippen LogP contribution < -0.4 is 0 Å². The van der Waals surface area contributed by atoms with Crippen molar-refractivity contribution in [3.05, 3.63) is 0 Å². The zero-order valence-electron chi connectivity index (χ0n) is 2.03. The summed E-state index contributed by atoms with van der Waals surface area (Å²) < 4.78 is 24.6. The first kappa shape index (κ1) is 8.93. The fourth-order valence-electron chi connectivity index (χ4n) is 0. The van der Waals surface area contributed by atoms with Gasteiger partial charge in [-0.3, -0.25) is 8.92 Å². The van der Waals surface area contributed by atoms with Crippen molar-refractivity contribution in [2.45, 2.75) is 0 Å². The average molecular weight is 140 g/mol. The number of hydrogen-bond acceptors (Lipinski definition) is 3. The summed E-state index contributed by atoms with van der Waals surface area (Å²) in [4.78, 5) is 0. The maximum absolute atomic E-state index is 8.40. The topological polar surface area (TPSA) is 51.2 Å². The van der Waals surface area contributed by atoms with Gasteiger partial charge in [0.1, 0.15) is 0 Å². The molecule has 0 aliphatic carbocycles. The Morgan fingerprint density at radius 1 is 1.20 bits per heavy atom. The SMILES string of the molecule is O=[Si]=O.[O]=[Cu]. The summed E-state index contributed by atoms with van der Waals surface area (Å²) >= 11 is 2.94. The molecule has 3 nitrogen and oxygen atoms in total. The molecule has 0 saturated carbocycles. The fourth-order valence-corrected chi connectivity index (χ4v) is 0. The van der Waals surface area contributed by atoms with Crippen LogP contribution in [0.5, 0.6) is 0 Å². The van der Waals surface area contributed by atoms with Gasteiger partial charge in [-0.25, -0.2) is 0 Å². The van der Waals surface area contributed by atoms with E-state index in [1.54, 1.807) is 0 Å². The van der Waals surface area contributed by atoms with E-state index in [-0.39, 0.29) is 0 Å². The average Bonchev–Trinajstić information content (AvgIpc) is 1.46. The molecule has 0 fully saturated rings. The van der Waals surface area contributed by atoms with Crippen LogP contribution in [0.3, 0.4) is 0 Å². The molecule has 0 unspecified atom stereocenters. The van der Waals surface area contributed by atoms with Crippen molar-refractivity contribution in [3.63, 3.8) is 0 Å². The first-order valence-electron chi connectivity index (χ1n) is 0.531. The zero-order chi connectivity index (χ0) is 4.71. The molecule has 0 spiro atoms. The van der Waals surface area contributed by atoms with E-state index >= 15 is 0 Å². The fraction of sp³-hybridized carbons (Fsp3) is 0. The predicted octanol–water partition coefficient (Wildman–Crippen LogP) is -0.740. The van der Waals surface area contributed by atoms with Gasteiger partial charge in [0.05, 0.1) is 0 Å². The molecular weight excluding hydrogens is 140 g/mol. The van der Waals surface area contributed by atoms with Gasteiger partial charge in [0.15, 0.2) is 0 Å². The summed E-state index contributed by atoms with van der Waals surface area (Å²) in [6, 6.07) is 0. The van der Waals surface area contributed by atoms with Gasteiger partial charge in [-0.1, -0.05) is 0 Å². The molecule has 0 N–H and O–H groups in total. The molecule has 0 aromatic rings. The second-order valence-corrected chi connectivity index (χ2v) is 0.250. The van der Waals surface area contributed by atoms with Crippen molar-refractivity contribution in [3.8, 4) is 0 Å². The van der Waals surface area contributed by atoms with E-state index in [1.165, 1.54) is 0 Å². The predicted molar refractivity (Wildman–Crippen MR) is 7.81 cm³/mol. The van der Waals surface area contributed by atoms with Gasteiger partial charge in [-0.05, 0) is 0 Å². The van der Waals surface area contributed by atoms with Crippen LogP contribution in [0.15, 0.2) is 0 Å². The third-order valence-electron chi connectivity index (χ3n) is 0. The number of hydrogen-bond donors (Lipinski definition) is 0. The van der Waals surface area contributed by atoms with Crippen LogP contribution in [0.4, 0.5) is 0 Å². The van der Waals surface area contributed by atoms with Crippen molar-refractivity contribution in [1.29, 1.82) is 0 Å². The Hall–Kier alpha value is 0.136. The van der Waals surface area contributed by atoms with Crippen molar-refractivity contribution in [1.82, 2.24) is 0 Å². The van der Waals surface area contributed by atoms with Crippen molar-refractivity contribution < 1.29 is 28.7 Å². The molecule has 0 saturated heterocycles.